The molecular formula is C33H63O8P. The highest BCUT2D eigenvalue weighted by atomic mass is 31.2. The summed E-state index contributed by atoms with van der Waals surface area (Å²) in [6.45, 7) is 3.63. The molecule has 248 valence electrons. The van der Waals surface area contributed by atoms with Crippen LogP contribution in [0.3, 0.4) is 0 Å². The molecule has 8 nitrogen and oxygen atoms in total. The Morgan fingerprint density at radius 1 is 0.595 bits per heavy atom. The standard InChI is InChI=1S/C33H63O8P/c1-3-5-7-9-11-13-15-16-17-18-20-22-24-26-28-33(35)41-31(30-40-42(36,37)38)29-39-32(34)27-25-23-21-19-14-12-10-8-6-4-2/h15-16,31H,3-14,17-30H2,1-2H3,(H2,36,37,38)/b16-15-. The molecule has 42 heavy (non-hydrogen) atoms. The van der Waals surface area contributed by atoms with Crippen molar-refractivity contribution in [2.45, 2.75) is 174 Å². The van der Waals surface area contributed by atoms with Crippen molar-refractivity contribution in [2.24, 2.45) is 0 Å². The Morgan fingerprint density at radius 2 is 1.00 bits per heavy atom. The Kier molecular flexibility index (Phi) is 29.0. The van der Waals surface area contributed by atoms with Crippen molar-refractivity contribution in [3.05, 3.63) is 12.2 Å². The number of carbonyl (C=O) groups excluding carboxylic acids is 2. The van der Waals surface area contributed by atoms with Crippen LogP contribution in [0.5, 0.6) is 0 Å². The third kappa shape index (κ3) is 31.7. The molecule has 0 aromatic rings. The van der Waals surface area contributed by atoms with Crippen LogP contribution in [0.15, 0.2) is 12.2 Å². The summed E-state index contributed by atoms with van der Waals surface area (Å²) in [4.78, 5) is 42.5. The summed E-state index contributed by atoms with van der Waals surface area (Å²) in [6.07, 6.45) is 29.3. The lowest BCUT2D eigenvalue weighted by molar-refractivity contribution is -0.161. The van der Waals surface area contributed by atoms with Gasteiger partial charge in [0.2, 0.25) is 0 Å². The first-order chi connectivity index (χ1) is 20.3. The maximum Gasteiger partial charge on any atom is 0.469 e. The van der Waals surface area contributed by atoms with Crippen LogP contribution in [0, 0.1) is 0 Å². The highest BCUT2D eigenvalue weighted by molar-refractivity contribution is 7.46. The lowest BCUT2D eigenvalue weighted by Gasteiger charge is -2.18. The van der Waals surface area contributed by atoms with E-state index in [0.717, 1.165) is 51.4 Å². The number of hydrogen-bond donors (Lipinski definition) is 2. The molecule has 0 saturated heterocycles. The number of ether oxygens (including phenoxy) is 2. The molecule has 1 atom stereocenters. The van der Waals surface area contributed by atoms with Crippen molar-refractivity contribution in [2.75, 3.05) is 13.2 Å². The minimum atomic E-state index is -4.74. The van der Waals surface area contributed by atoms with E-state index in [4.69, 9.17) is 19.3 Å². The molecule has 0 aliphatic carbocycles. The maximum atomic E-state index is 12.3. The number of unbranched alkanes of at least 4 members (excludes halogenated alkanes) is 19. The van der Waals surface area contributed by atoms with Crippen LogP contribution in [0.4, 0.5) is 0 Å². The number of allylic oxidation sites excluding steroid dienone is 2. The predicted octanol–water partition coefficient (Wildman–Crippen LogP) is 9.51. The van der Waals surface area contributed by atoms with Crippen LogP contribution in [0.2, 0.25) is 0 Å². The van der Waals surface area contributed by atoms with Crippen LogP contribution in [0.1, 0.15) is 168 Å². The summed E-state index contributed by atoms with van der Waals surface area (Å²) in [6, 6.07) is 0. The quantitative estimate of drug-likeness (QED) is 0.0341. The fourth-order valence-corrected chi connectivity index (χ4v) is 5.08. The smallest absolute Gasteiger partial charge is 0.462 e. The Morgan fingerprint density at radius 3 is 1.45 bits per heavy atom. The van der Waals surface area contributed by atoms with Crippen molar-refractivity contribution >= 4 is 19.8 Å². The van der Waals surface area contributed by atoms with Crippen molar-refractivity contribution in [3.8, 4) is 0 Å². The van der Waals surface area contributed by atoms with Gasteiger partial charge in [0, 0.05) is 12.8 Å². The minimum absolute atomic E-state index is 0.205. The molecule has 0 heterocycles. The van der Waals surface area contributed by atoms with Crippen LogP contribution >= 0.6 is 7.82 Å². The van der Waals surface area contributed by atoms with Gasteiger partial charge < -0.3 is 19.3 Å². The SMILES string of the molecule is CCCCCCC/C=C\CCCCCCCC(=O)OC(COC(=O)CCCCCCCCCCCC)COP(=O)(O)O. The number of rotatable bonds is 31. The lowest BCUT2D eigenvalue weighted by atomic mass is 10.1. The molecule has 0 radical (unpaired) electrons. The zero-order chi connectivity index (χ0) is 31.2. The third-order valence-electron chi connectivity index (χ3n) is 7.28. The average Bonchev–Trinajstić information content (AvgIpc) is 2.95. The fraction of sp³-hybridized carbons (Fsp3) is 0.879. The molecule has 0 saturated carbocycles. The van der Waals surface area contributed by atoms with Crippen molar-refractivity contribution in [1.29, 1.82) is 0 Å². The van der Waals surface area contributed by atoms with Crippen molar-refractivity contribution in [1.82, 2.24) is 0 Å². The second-order valence-electron chi connectivity index (χ2n) is 11.5. The number of phosphoric acid groups is 1. The van der Waals surface area contributed by atoms with E-state index >= 15 is 0 Å². The van der Waals surface area contributed by atoms with Crippen LogP contribution in [0.25, 0.3) is 0 Å². The van der Waals surface area contributed by atoms with Gasteiger partial charge in [-0.15, -0.1) is 0 Å². The van der Waals surface area contributed by atoms with E-state index in [1.807, 2.05) is 0 Å². The van der Waals surface area contributed by atoms with Crippen LogP contribution in [-0.2, 0) is 28.2 Å². The molecule has 0 rings (SSSR count). The monoisotopic (exact) mass is 618 g/mol. The number of phosphoric ester groups is 1. The van der Waals surface area contributed by atoms with E-state index in [1.54, 1.807) is 0 Å². The number of hydrogen-bond acceptors (Lipinski definition) is 6. The zero-order valence-electron chi connectivity index (χ0n) is 26.9. The Balaban J connectivity index is 4.01. The first kappa shape index (κ1) is 40.8. The minimum Gasteiger partial charge on any atom is -0.462 e. The fourth-order valence-electron chi connectivity index (χ4n) is 4.72. The average molecular weight is 619 g/mol. The summed E-state index contributed by atoms with van der Waals surface area (Å²) in [5.74, 6) is -0.893. The number of carbonyl (C=O) groups is 2. The van der Waals surface area contributed by atoms with Gasteiger partial charge in [0.25, 0.3) is 0 Å². The molecule has 0 spiro atoms. The Labute approximate surface area is 257 Å². The van der Waals surface area contributed by atoms with Gasteiger partial charge in [0.05, 0.1) is 6.61 Å². The third-order valence-corrected chi connectivity index (χ3v) is 7.77. The van der Waals surface area contributed by atoms with Crippen LogP contribution in [-0.4, -0.2) is 41.0 Å². The highest BCUT2D eigenvalue weighted by Gasteiger charge is 2.22. The van der Waals surface area contributed by atoms with E-state index in [-0.39, 0.29) is 19.4 Å². The summed E-state index contributed by atoms with van der Waals surface area (Å²) < 4.78 is 26.2. The van der Waals surface area contributed by atoms with Gasteiger partial charge in [-0.2, -0.15) is 0 Å². The zero-order valence-corrected chi connectivity index (χ0v) is 27.8. The van der Waals surface area contributed by atoms with E-state index < -0.39 is 32.5 Å². The summed E-state index contributed by atoms with van der Waals surface area (Å²) in [5, 5.41) is 0. The summed E-state index contributed by atoms with van der Waals surface area (Å²) in [5.41, 5.74) is 0. The first-order valence-electron chi connectivity index (χ1n) is 17.0. The molecule has 0 aromatic carbocycles. The van der Waals surface area contributed by atoms with E-state index in [0.29, 0.717) is 6.42 Å². The molecule has 0 fully saturated rings. The van der Waals surface area contributed by atoms with Gasteiger partial charge in [0.1, 0.15) is 6.61 Å². The molecule has 9 heteroatoms. The predicted molar refractivity (Wildman–Crippen MR) is 170 cm³/mol. The molecular weight excluding hydrogens is 555 g/mol. The summed E-state index contributed by atoms with van der Waals surface area (Å²) in [7, 11) is -4.74. The van der Waals surface area contributed by atoms with E-state index in [1.165, 1.54) is 83.5 Å². The van der Waals surface area contributed by atoms with E-state index in [2.05, 4.69) is 30.5 Å². The van der Waals surface area contributed by atoms with Gasteiger partial charge in [-0.1, -0.05) is 129 Å². The summed E-state index contributed by atoms with van der Waals surface area (Å²) >= 11 is 0. The lowest BCUT2D eigenvalue weighted by Crippen LogP contribution is -2.29. The highest BCUT2D eigenvalue weighted by Crippen LogP contribution is 2.35. The molecule has 0 aliphatic rings. The Bertz CT molecular complexity index is 706. The first-order valence-corrected chi connectivity index (χ1v) is 18.5. The normalized spacial score (nSPS) is 12.6. The van der Waals surface area contributed by atoms with Crippen LogP contribution < -0.4 is 0 Å². The van der Waals surface area contributed by atoms with Crippen molar-refractivity contribution < 1.29 is 37.9 Å². The van der Waals surface area contributed by atoms with Gasteiger partial charge in [-0.3, -0.25) is 14.1 Å². The molecule has 0 bridgehead atoms. The van der Waals surface area contributed by atoms with Gasteiger partial charge in [-0.05, 0) is 38.5 Å². The maximum absolute atomic E-state index is 12.3. The van der Waals surface area contributed by atoms with Gasteiger partial charge in [-0.25, -0.2) is 4.57 Å². The topological polar surface area (TPSA) is 119 Å². The Hall–Kier alpha value is -1.21. The molecule has 1 unspecified atom stereocenters. The van der Waals surface area contributed by atoms with Crippen molar-refractivity contribution in [3.63, 3.8) is 0 Å². The molecule has 2 N–H and O–H groups in total. The second-order valence-corrected chi connectivity index (χ2v) is 12.7. The molecule has 0 aliphatic heterocycles. The second kappa shape index (κ2) is 29.8. The molecule has 0 aromatic heterocycles. The van der Waals surface area contributed by atoms with Gasteiger partial charge in [0.15, 0.2) is 6.10 Å². The van der Waals surface area contributed by atoms with Gasteiger partial charge >= 0.3 is 19.8 Å². The molecule has 0 amide bonds. The number of esters is 2. The van der Waals surface area contributed by atoms with E-state index in [9.17, 15) is 14.2 Å². The largest absolute Gasteiger partial charge is 0.469 e.